The van der Waals surface area contributed by atoms with Gasteiger partial charge in [-0.1, -0.05) is 6.42 Å². The molecule has 0 aliphatic carbocycles. The zero-order valence-corrected chi connectivity index (χ0v) is 20.8. The van der Waals surface area contributed by atoms with Crippen LogP contribution in [0, 0.1) is 25.2 Å². The van der Waals surface area contributed by atoms with Gasteiger partial charge in [-0.2, -0.15) is 5.26 Å². The largest absolute Gasteiger partial charge is 0.466 e. The fraction of sp³-hybridized carbons (Fsp3) is 0.429. The molecule has 7 nitrogen and oxygen atoms in total. The number of ether oxygens (including phenoxy) is 1. The molecule has 0 bridgehead atoms. The number of likely N-dealkylation sites (tertiary alicyclic amines) is 1. The number of Topliss-reactive ketones (excluding diaryl/α,β-unsaturated/α-hetero) is 1. The first kappa shape index (κ1) is 24.6. The lowest BCUT2D eigenvalue weighted by Gasteiger charge is -2.25. The summed E-state index contributed by atoms with van der Waals surface area (Å²) in [5, 5.41) is 9.21. The summed E-state index contributed by atoms with van der Waals surface area (Å²) in [5.41, 5.74) is 6.21. The monoisotopic (exact) mass is 472 g/mol. The molecule has 4 rings (SSSR count). The fourth-order valence-electron chi connectivity index (χ4n) is 4.93. The van der Waals surface area contributed by atoms with Gasteiger partial charge in [0.25, 0.3) is 0 Å². The molecule has 1 fully saturated rings. The molecule has 0 atom stereocenters. The number of rotatable bonds is 8. The predicted octanol–water partition coefficient (Wildman–Crippen LogP) is 4.68. The van der Waals surface area contributed by atoms with Crippen LogP contribution in [0.25, 0.3) is 16.7 Å². The molecule has 2 aromatic heterocycles. The van der Waals surface area contributed by atoms with Crippen molar-refractivity contribution in [3.05, 3.63) is 58.4 Å². The number of hydrogen-bond acceptors (Lipinski definition) is 6. The lowest BCUT2D eigenvalue weighted by atomic mass is 10.0. The highest BCUT2D eigenvalue weighted by atomic mass is 16.5. The molecule has 1 aliphatic rings. The van der Waals surface area contributed by atoms with Gasteiger partial charge in [0.2, 0.25) is 0 Å². The fourth-order valence-corrected chi connectivity index (χ4v) is 4.93. The molecular formula is C28H32N4O3. The third kappa shape index (κ3) is 5.28. The van der Waals surface area contributed by atoms with E-state index in [9.17, 15) is 14.9 Å². The molecule has 3 heterocycles. The molecular weight excluding hydrogens is 440 g/mol. The Balaban J connectivity index is 1.80. The molecule has 0 radical (unpaired) electrons. The van der Waals surface area contributed by atoms with Crippen LogP contribution in [0.15, 0.2) is 30.3 Å². The minimum Gasteiger partial charge on any atom is -0.466 e. The highest BCUT2D eigenvalue weighted by molar-refractivity contribution is 6.09. The third-order valence-corrected chi connectivity index (χ3v) is 6.73. The smallest absolute Gasteiger partial charge is 0.306 e. The lowest BCUT2D eigenvalue weighted by molar-refractivity contribution is -0.143. The van der Waals surface area contributed by atoms with E-state index in [1.807, 2.05) is 36.6 Å². The second-order valence-corrected chi connectivity index (χ2v) is 9.12. The molecule has 3 aromatic rings. The Labute approximate surface area is 206 Å². The van der Waals surface area contributed by atoms with Crippen LogP contribution in [-0.4, -0.2) is 52.4 Å². The summed E-state index contributed by atoms with van der Waals surface area (Å²) >= 11 is 0. The molecule has 0 N–H and O–H groups in total. The van der Waals surface area contributed by atoms with E-state index >= 15 is 0 Å². The molecule has 182 valence electrons. The van der Waals surface area contributed by atoms with Crippen LogP contribution in [0.4, 0.5) is 0 Å². The molecule has 1 aromatic carbocycles. The molecule has 35 heavy (non-hydrogen) atoms. The van der Waals surface area contributed by atoms with Crippen LogP contribution in [0.5, 0.6) is 0 Å². The van der Waals surface area contributed by atoms with Gasteiger partial charge in [-0.25, -0.2) is 0 Å². The zero-order valence-electron chi connectivity index (χ0n) is 20.8. The Morgan fingerprint density at radius 3 is 2.49 bits per heavy atom. The average molecular weight is 473 g/mol. The Bertz CT molecular complexity index is 1280. The molecule has 1 aliphatic heterocycles. The summed E-state index contributed by atoms with van der Waals surface area (Å²) in [6.45, 7) is 8.32. The number of nitrogens with zero attached hydrogens (tertiary/aromatic N) is 4. The second-order valence-electron chi connectivity index (χ2n) is 9.12. The van der Waals surface area contributed by atoms with E-state index in [4.69, 9.17) is 9.72 Å². The lowest BCUT2D eigenvalue weighted by Crippen LogP contribution is -2.34. The van der Waals surface area contributed by atoms with E-state index in [0.29, 0.717) is 36.2 Å². The van der Waals surface area contributed by atoms with Gasteiger partial charge in [0.1, 0.15) is 0 Å². The second kappa shape index (κ2) is 10.8. The van der Waals surface area contributed by atoms with Crippen molar-refractivity contribution in [1.82, 2.24) is 14.5 Å². The van der Waals surface area contributed by atoms with Gasteiger partial charge < -0.3 is 9.30 Å². The number of carbonyl (C=O) groups is 2. The first-order valence-corrected chi connectivity index (χ1v) is 12.4. The van der Waals surface area contributed by atoms with Crippen molar-refractivity contribution in [2.24, 2.45) is 0 Å². The summed E-state index contributed by atoms with van der Waals surface area (Å²) in [7, 11) is 0. The van der Waals surface area contributed by atoms with Crippen LogP contribution >= 0.6 is 0 Å². The van der Waals surface area contributed by atoms with Crippen LogP contribution in [-0.2, 0) is 16.0 Å². The topological polar surface area (TPSA) is 88.2 Å². The number of nitriles is 1. The summed E-state index contributed by atoms with van der Waals surface area (Å²) in [6.07, 6.45) is 4.26. The van der Waals surface area contributed by atoms with Gasteiger partial charge in [0.05, 0.1) is 41.4 Å². The van der Waals surface area contributed by atoms with Crippen LogP contribution in [0.3, 0.4) is 0 Å². The van der Waals surface area contributed by atoms with Crippen molar-refractivity contribution in [2.45, 2.75) is 52.9 Å². The van der Waals surface area contributed by atoms with Crippen molar-refractivity contribution in [2.75, 3.05) is 26.2 Å². The summed E-state index contributed by atoms with van der Waals surface area (Å²) < 4.78 is 7.13. The van der Waals surface area contributed by atoms with Crippen molar-refractivity contribution < 1.29 is 14.3 Å². The number of piperidine rings is 1. The number of fused-ring (bicyclic) bond motifs is 1. The van der Waals surface area contributed by atoms with E-state index in [1.165, 1.54) is 6.42 Å². The zero-order chi connectivity index (χ0) is 24.9. The minimum absolute atomic E-state index is 0.0768. The van der Waals surface area contributed by atoms with E-state index in [2.05, 4.69) is 11.0 Å². The molecule has 0 saturated carbocycles. The maximum atomic E-state index is 13.6. The Morgan fingerprint density at radius 2 is 1.83 bits per heavy atom. The maximum absolute atomic E-state index is 13.6. The number of hydrogen-bond donors (Lipinski definition) is 0. The Hall–Kier alpha value is -3.50. The van der Waals surface area contributed by atoms with E-state index in [0.717, 1.165) is 54.1 Å². The van der Waals surface area contributed by atoms with Gasteiger partial charge in [-0.15, -0.1) is 0 Å². The van der Waals surface area contributed by atoms with Crippen molar-refractivity contribution in [3.63, 3.8) is 0 Å². The number of carbonyl (C=O) groups excluding carboxylic acids is 2. The van der Waals surface area contributed by atoms with Gasteiger partial charge >= 0.3 is 5.97 Å². The Morgan fingerprint density at radius 1 is 1.11 bits per heavy atom. The quantitative estimate of drug-likeness (QED) is 0.349. The van der Waals surface area contributed by atoms with Gasteiger partial charge in [0.15, 0.2) is 5.78 Å². The van der Waals surface area contributed by atoms with Crippen molar-refractivity contribution in [3.8, 4) is 11.8 Å². The first-order chi connectivity index (χ1) is 16.9. The summed E-state index contributed by atoms with van der Waals surface area (Å²) in [5.74, 6) is -0.156. The first-order valence-electron chi connectivity index (χ1n) is 12.4. The molecule has 7 heteroatoms. The predicted molar refractivity (Wildman–Crippen MR) is 135 cm³/mol. The normalized spacial score (nSPS) is 14.1. The molecule has 0 spiro atoms. The van der Waals surface area contributed by atoms with E-state index < -0.39 is 0 Å². The number of aryl methyl sites for hydroxylation is 2. The van der Waals surface area contributed by atoms with Gasteiger partial charge in [-0.3, -0.25) is 19.5 Å². The van der Waals surface area contributed by atoms with Crippen molar-refractivity contribution >= 4 is 22.8 Å². The van der Waals surface area contributed by atoms with Crippen LogP contribution < -0.4 is 0 Å². The van der Waals surface area contributed by atoms with Gasteiger partial charge in [0, 0.05) is 23.5 Å². The van der Waals surface area contributed by atoms with E-state index in [1.54, 1.807) is 19.1 Å². The number of pyridine rings is 1. The number of ketones is 1. The maximum Gasteiger partial charge on any atom is 0.306 e. The standard InChI is InChI=1S/C28H32N4O3/c1-4-35-26(34)13-10-22-16-24-28(30-19(22)2)27(25(33)18-31-14-6-5-7-15-31)20(3)32(24)23-11-8-21(17-29)9-12-23/h8-9,11-12,16H,4-7,10,13-15,18H2,1-3H3. The van der Waals surface area contributed by atoms with Gasteiger partial charge in [-0.05, 0) is 89.0 Å². The highest BCUT2D eigenvalue weighted by Crippen LogP contribution is 2.31. The average Bonchev–Trinajstić information content (AvgIpc) is 3.14. The number of benzene rings is 1. The summed E-state index contributed by atoms with van der Waals surface area (Å²) in [4.78, 5) is 32.7. The number of esters is 1. The SMILES string of the molecule is CCOC(=O)CCc1cc2c(nc1C)c(C(=O)CN1CCCCC1)c(C)n2-c1ccc(C#N)cc1. The summed E-state index contributed by atoms with van der Waals surface area (Å²) in [6, 6.07) is 11.5. The van der Waals surface area contributed by atoms with Crippen LogP contribution in [0.1, 0.15) is 65.5 Å². The van der Waals surface area contributed by atoms with E-state index in [-0.39, 0.29) is 18.2 Å². The molecule has 0 unspecified atom stereocenters. The van der Waals surface area contributed by atoms with Crippen LogP contribution in [0.2, 0.25) is 0 Å². The minimum atomic E-state index is -0.233. The highest BCUT2D eigenvalue weighted by Gasteiger charge is 2.25. The Kier molecular flexibility index (Phi) is 7.62. The third-order valence-electron chi connectivity index (χ3n) is 6.73. The number of aromatic nitrogens is 2. The van der Waals surface area contributed by atoms with Crippen molar-refractivity contribution in [1.29, 1.82) is 5.26 Å². The molecule has 0 amide bonds. The molecule has 1 saturated heterocycles.